The van der Waals surface area contributed by atoms with Crippen molar-refractivity contribution in [3.63, 3.8) is 0 Å². The Balaban J connectivity index is 1.38. The van der Waals surface area contributed by atoms with Gasteiger partial charge in [-0.25, -0.2) is 0 Å². The molecular weight excluding hydrogens is 290 g/mol. The van der Waals surface area contributed by atoms with Gasteiger partial charge in [0, 0.05) is 19.6 Å². The molecule has 1 fully saturated rings. The van der Waals surface area contributed by atoms with Crippen molar-refractivity contribution in [3.05, 3.63) is 42.0 Å². The van der Waals surface area contributed by atoms with E-state index in [1.165, 1.54) is 0 Å². The molecule has 1 heterocycles. The summed E-state index contributed by atoms with van der Waals surface area (Å²) < 4.78 is 11.3. The zero-order valence-corrected chi connectivity index (χ0v) is 13.5. The van der Waals surface area contributed by atoms with E-state index >= 15 is 0 Å². The SMILES string of the molecule is O=C(CC1C=CCC1)NCc1ccc(OCC2CCCO2)cc1. The molecule has 1 aromatic carbocycles. The normalized spacial score (nSPS) is 23.1. The zero-order valence-electron chi connectivity index (χ0n) is 13.5. The Morgan fingerprint density at radius 2 is 2.13 bits per heavy atom. The van der Waals surface area contributed by atoms with E-state index in [0.717, 1.165) is 43.6 Å². The Morgan fingerprint density at radius 3 is 2.83 bits per heavy atom. The van der Waals surface area contributed by atoms with E-state index in [9.17, 15) is 4.79 Å². The maximum atomic E-state index is 11.9. The molecule has 3 rings (SSSR count). The maximum Gasteiger partial charge on any atom is 0.220 e. The number of hydrogen-bond acceptors (Lipinski definition) is 3. The molecule has 2 atom stereocenters. The fraction of sp³-hybridized carbons (Fsp3) is 0.526. The Morgan fingerprint density at radius 1 is 1.26 bits per heavy atom. The van der Waals surface area contributed by atoms with Gasteiger partial charge in [0.2, 0.25) is 5.91 Å². The molecule has 2 aliphatic rings. The third-order valence-electron chi connectivity index (χ3n) is 4.43. The van der Waals surface area contributed by atoms with Gasteiger partial charge in [0.05, 0.1) is 6.10 Å². The lowest BCUT2D eigenvalue weighted by Crippen LogP contribution is -2.24. The van der Waals surface area contributed by atoms with Crippen LogP contribution in [0.5, 0.6) is 5.75 Å². The number of allylic oxidation sites excluding steroid dienone is 2. The highest BCUT2D eigenvalue weighted by Crippen LogP contribution is 2.20. The van der Waals surface area contributed by atoms with Gasteiger partial charge in [-0.15, -0.1) is 0 Å². The fourth-order valence-corrected chi connectivity index (χ4v) is 3.04. The lowest BCUT2D eigenvalue weighted by Gasteiger charge is -2.12. The van der Waals surface area contributed by atoms with E-state index in [1.807, 2.05) is 24.3 Å². The monoisotopic (exact) mass is 315 g/mol. The molecule has 0 spiro atoms. The summed E-state index contributed by atoms with van der Waals surface area (Å²) in [6.45, 7) is 2.04. The van der Waals surface area contributed by atoms with Crippen molar-refractivity contribution in [2.45, 2.75) is 44.8 Å². The van der Waals surface area contributed by atoms with Crippen LogP contribution in [0.3, 0.4) is 0 Å². The summed E-state index contributed by atoms with van der Waals surface area (Å²) in [6.07, 6.45) is 9.56. The third-order valence-corrected chi connectivity index (χ3v) is 4.43. The number of amides is 1. The molecule has 1 aliphatic heterocycles. The second-order valence-corrected chi connectivity index (χ2v) is 6.34. The second kappa shape index (κ2) is 8.16. The van der Waals surface area contributed by atoms with Crippen molar-refractivity contribution in [2.24, 2.45) is 5.92 Å². The van der Waals surface area contributed by atoms with Crippen molar-refractivity contribution in [3.8, 4) is 5.75 Å². The van der Waals surface area contributed by atoms with Gasteiger partial charge in [-0.1, -0.05) is 24.3 Å². The topological polar surface area (TPSA) is 47.6 Å². The van der Waals surface area contributed by atoms with Crippen LogP contribution >= 0.6 is 0 Å². The van der Waals surface area contributed by atoms with Crippen molar-refractivity contribution in [2.75, 3.05) is 13.2 Å². The molecule has 0 aromatic heterocycles. The van der Waals surface area contributed by atoms with E-state index in [1.54, 1.807) is 0 Å². The molecular formula is C19H25NO3. The molecule has 4 nitrogen and oxygen atoms in total. The quantitative estimate of drug-likeness (QED) is 0.786. The lowest BCUT2D eigenvalue weighted by atomic mass is 10.1. The van der Waals surface area contributed by atoms with E-state index in [0.29, 0.717) is 25.5 Å². The molecule has 1 aliphatic carbocycles. The van der Waals surface area contributed by atoms with E-state index in [2.05, 4.69) is 17.5 Å². The number of nitrogens with one attached hydrogen (secondary N) is 1. The van der Waals surface area contributed by atoms with Crippen LogP contribution < -0.4 is 10.1 Å². The minimum absolute atomic E-state index is 0.125. The van der Waals surface area contributed by atoms with Crippen LogP contribution in [0.25, 0.3) is 0 Å². The molecule has 0 radical (unpaired) electrons. The maximum absolute atomic E-state index is 11.9. The second-order valence-electron chi connectivity index (χ2n) is 6.34. The van der Waals surface area contributed by atoms with Gasteiger partial charge in [-0.05, 0) is 49.3 Å². The van der Waals surface area contributed by atoms with Crippen LogP contribution in [-0.2, 0) is 16.1 Å². The van der Waals surface area contributed by atoms with Gasteiger partial charge in [0.1, 0.15) is 12.4 Å². The first kappa shape index (κ1) is 16.1. The predicted molar refractivity (Wildman–Crippen MR) is 89.2 cm³/mol. The zero-order chi connectivity index (χ0) is 15.9. The average molecular weight is 315 g/mol. The summed E-state index contributed by atoms with van der Waals surface area (Å²) >= 11 is 0. The Kier molecular flexibility index (Phi) is 5.70. The summed E-state index contributed by atoms with van der Waals surface area (Å²) in [5.41, 5.74) is 1.09. The smallest absolute Gasteiger partial charge is 0.220 e. The van der Waals surface area contributed by atoms with Crippen molar-refractivity contribution in [1.29, 1.82) is 0 Å². The number of benzene rings is 1. The number of carbonyl (C=O) groups is 1. The molecule has 1 amide bonds. The van der Waals surface area contributed by atoms with Gasteiger partial charge < -0.3 is 14.8 Å². The summed E-state index contributed by atoms with van der Waals surface area (Å²) in [4.78, 5) is 11.9. The highest BCUT2D eigenvalue weighted by molar-refractivity contribution is 5.76. The summed E-state index contributed by atoms with van der Waals surface area (Å²) in [6, 6.07) is 7.91. The minimum Gasteiger partial charge on any atom is -0.491 e. The molecule has 1 saturated heterocycles. The molecule has 4 heteroatoms. The molecule has 1 N–H and O–H groups in total. The van der Waals surface area contributed by atoms with Crippen LogP contribution in [0.1, 0.15) is 37.7 Å². The van der Waals surface area contributed by atoms with Gasteiger partial charge in [-0.2, -0.15) is 0 Å². The van der Waals surface area contributed by atoms with Crippen LogP contribution in [0.2, 0.25) is 0 Å². The number of ether oxygens (including phenoxy) is 2. The van der Waals surface area contributed by atoms with Crippen molar-refractivity contribution >= 4 is 5.91 Å². The summed E-state index contributed by atoms with van der Waals surface area (Å²) in [5.74, 6) is 1.40. The largest absolute Gasteiger partial charge is 0.491 e. The van der Waals surface area contributed by atoms with E-state index in [4.69, 9.17) is 9.47 Å². The first-order chi connectivity index (χ1) is 11.3. The highest BCUT2D eigenvalue weighted by atomic mass is 16.5. The van der Waals surface area contributed by atoms with Crippen molar-refractivity contribution in [1.82, 2.24) is 5.32 Å². The van der Waals surface area contributed by atoms with E-state index < -0.39 is 0 Å². The lowest BCUT2D eigenvalue weighted by molar-refractivity contribution is -0.121. The van der Waals surface area contributed by atoms with Gasteiger partial charge in [-0.3, -0.25) is 4.79 Å². The van der Waals surface area contributed by atoms with Gasteiger partial charge in [0.25, 0.3) is 0 Å². The number of carbonyl (C=O) groups excluding carboxylic acids is 1. The molecule has 23 heavy (non-hydrogen) atoms. The first-order valence-electron chi connectivity index (χ1n) is 8.56. The number of rotatable bonds is 7. The van der Waals surface area contributed by atoms with Gasteiger partial charge >= 0.3 is 0 Å². The molecule has 0 saturated carbocycles. The molecule has 0 bridgehead atoms. The van der Waals surface area contributed by atoms with Crippen molar-refractivity contribution < 1.29 is 14.3 Å². The average Bonchev–Trinajstić information content (AvgIpc) is 3.25. The highest BCUT2D eigenvalue weighted by Gasteiger charge is 2.16. The first-order valence-corrected chi connectivity index (χ1v) is 8.56. The van der Waals surface area contributed by atoms with Crippen LogP contribution in [0.4, 0.5) is 0 Å². The molecule has 2 unspecified atom stereocenters. The standard InChI is InChI=1S/C19H25NO3/c21-19(12-15-4-1-2-5-15)20-13-16-7-9-17(10-8-16)23-14-18-6-3-11-22-18/h1,4,7-10,15,18H,2-3,5-6,11-14H2,(H,20,21). The third kappa shape index (κ3) is 5.10. The Bertz CT molecular complexity index is 532. The number of hydrogen-bond donors (Lipinski definition) is 1. The van der Waals surface area contributed by atoms with Gasteiger partial charge in [0.15, 0.2) is 0 Å². The van der Waals surface area contributed by atoms with E-state index in [-0.39, 0.29) is 12.0 Å². The molecule has 124 valence electrons. The predicted octanol–water partition coefficient (Wildman–Crippen LogP) is 3.22. The van der Waals surface area contributed by atoms with Crippen LogP contribution in [0, 0.1) is 5.92 Å². The molecule has 1 aromatic rings. The fourth-order valence-electron chi connectivity index (χ4n) is 3.04. The summed E-state index contributed by atoms with van der Waals surface area (Å²) in [5, 5.41) is 2.99. The van der Waals surface area contributed by atoms with Crippen LogP contribution in [-0.4, -0.2) is 25.2 Å². The minimum atomic E-state index is 0.125. The summed E-state index contributed by atoms with van der Waals surface area (Å²) in [7, 11) is 0. The van der Waals surface area contributed by atoms with Crippen LogP contribution in [0.15, 0.2) is 36.4 Å². The Hall–Kier alpha value is -1.81. The Labute approximate surface area is 137 Å².